The van der Waals surface area contributed by atoms with Gasteiger partial charge in [-0.1, -0.05) is 23.7 Å². The highest BCUT2D eigenvalue weighted by atomic mass is 35.5. The van der Waals surface area contributed by atoms with Crippen molar-refractivity contribution in [1.82, 2.24) is 15.5 Å². The lowest BCUT2D eigenvalue weighted by atomic mass is 10.0. The molecule has 0 saturated carbocycles. The number of rotatable bonds is 11. The molecule has 1 heterocycles. The van der Waals surface area contributed by atoms with Gasteiger partial charge < -0.3 is 34.5 Å². The number of hydrogen-bond donors (Lipinski definition) is 2. The molecule has 3 rings (SSSR count). The Morgan fingerprint density at radius 3 is 2.22 bits per heavy atom. The Labute approximate surface area is 217 Å². The maximum absolute atomic E-state index is 13.1. The van der Waals surface area contributed by atoms with Crippen molar-refractivity contribution in [2.24, 2.45) is 0 Å². The minimum absolute atomic E-state index is 0.0424. The van der Waals surface area contributed by atoms with Gasteiger partial charge in [-0.15, -0.1) is 0 Å². The Kier molecular flexibility index (Phi) is 10.2. The standard InChI is InChI=1S/C26H34ClN3O6/c1-30-11-9-20(10-12-30)28-26(32)21(16-33-2)29-25(31)18-13-22(34-3)24(23(14-18)35-4)36-15-17-5-7-19(27)8-6-17/h5-8,13-14,20-21H,9-12,15-16H2,1-4H3,(H,28,32)(H,29,31)/t21-/m0/s1. The molecule has 196 valence electrons. The first-order valence-electron chi connectivity index (χ1n) is 11.8. The first-order chi connectivity index (χ1) is 17.3. The van der Waals surface area contributed by atoms with Crippen molar-refractivity contribution in [3.05, 3.63) is 52.5 Å². The molecule has 36 heavy (non-hydrogen) atoms. The molecule has 9 nitrogen and oxygen atoms in total. The van der Waals surface area contributed by atoms with Crippen molar-refractivity contribution in [3.8, 4) is 17.2 Å². The summed E-state index contributed by atoms with van der Waals surface area (Å²) in [4.78, 5) is 28.2. The maximum Gasteiger partial charge on any atom is 0.252 e. The van der Waals surface area contributed by atoms with Crippen LogP contribution < -0.4 is 24.8 Å². The molecule has 2 aromatic rings. The third kappa shape index (κ3) is 7.49. The summed E-state index contributed by atoms with van der Waals surface area (Å²) in [6.45, 7) is 2.12. The quantitative estimate of drug-likeness (QED) is 0.471. The molecular weight excluding hydrogens is 486 g/mol. The predicted molar refractivity (Wildman–Crippen MR) is 137 cm³/mol. The minimum Gasteiger partial charge on any atom is -0.493 e. The number of ether oxygens (including phenoxy) is 4. The van der Waals surface area contributed by atoms with Crippen LogP contribution in [-0.2, 0) is 16.1 Å². The first kappa shape index (κ1) is 27.6. The van der Waals surface area contributed by atoms with E-state index in [-0.39, 0.29) is 30.7 Å². The van der Waals surface area contributed by atoms with E-state index in [2.05, 4.69) is 22.6 Å². The monoisotopic (exact) mass is 519 g/mol. The Bertz CT molecular complexity index is 1000. The summed E-state index contributed by atoms with van der Waals surface area (Å²) in [5.74, 6) is 0.276. The Hall–Kier alpha value is -3.01. The molecule has 10 heteroatoms. The van der Waals surface area contributed by atoms with E-state index in [9.17, 15) is 9.59 Å². The molecule has 0 aliphatic carbocycles. The molecule has 1 aliphatic rings. The maximum atomic E-state index is 13.1. The largest absolute Gasteiger partial charge is 0.493 e. The Balaban J connectivity index is 1.71. The summed E-state index contributed by atoms with van der Waals surface area (Å²) in [6, 6.07) is 9.60. The van der Waals surface area contributed by atoms with Gasteiger partial charge in [-0.3, -0.25) is 9.59 Å². The molecule has 0 aromatic heterocycles. The fraction of sp³-hybridized carbons (Fsp3) is 0.462. The van der Waals surface area contributed by atoms with Crippen LogP contribution in [0.1, 0.15) is 28.8 Å². The van der Waals surface area contributed by atoms with Gasteiger partial charge in [0.15, 0.2) is 11.5 Å². The predicted octanol–water partition coefficient (Wildman–Crippen LogP) is 2.89. The van der Waals surface area contributed by atoms with E-state index < -0.39 is 11.9 Å². The lowest BCUT2D eigenvalue weighted by Gasteiger charge is -2.30. The van der Waals surface area contributed by atoms with E-state index in [0.717, 1.165) is 31.5 Å². The van der Waals surface area contributed by atoms with Crippen molar-refractivity contribution < 1.29 is 28.5 Å². The zero-order valence-corrected chi connectivity index (χ0v) is 21.9. The van der Waals surface area contributed by atoms with E-state index in [0.29, 0.717) is 22.3 Å². The van der Waals surface area contributed by atoms with E-state index in [1.165, 1.54) is 21.3 Å². The van der Waals surface area contributed by atoms with Crippen molar-refractivity contribution >= 4 is 23.4 Å². The van der Waals surface area contributed by atoms with Crippen molar-refractivity contribution in [3.63, 3.8) is 0 Å². The molecule has 2 amide bonds. The molecule has 1 atom stereocenters. The number of carbonyl (C=O) groups is 2. The summed E-state index contributed by atoms with van der Waals surface area (Å²) in [7, 11) is 6.51. The molecule has 0 radical (unpaired) electrons. The Morgan fingerprint density at radius 1 is 1.06 bits per heavy atom. The van der Waals surface area contributed by atoms with Crippen LogP contribution in [0.4, 0.5) is 0 Å². The van der Waals surface area contributed by atoms with Crippen LogP contribution in [0.25, 0.3) is 0 Å². The normalized spacial score (nSPS) is 15.1. The number of piperidine rings is 1. The highest BCUT2D eigenvalue weighted by Gasteiger charge is 2.26. The SMILES string of the molecule is COC[C@H](NC(=O)c1cc(OC)c(OCc2ccc(Cl)cc2)c(OC)c1)C(=O)NC1CCN(C)CC1. The molecule has 1 aliphatic heterocycles. The van der Waals surface area contributed by atoms with Crippen LogP contribution in [0, 0.1) is 0 Å². The fourth-order valence-corrected chi connectivity index (χ4v) is 4.06. The van der Waals surface area contributed by atoms with Gasteiger partial charge in [0.25, 0.3) is 5.91 Å². The summed E-state index contributed by atoms with van der Waals surface area (Å²) >= 11 is 5.95. The van der Waals surface area contributed by atoms with Crippen LogP contribution in [-0.4, -0.2) is 76.9 Å². The number of methoxy groups -OCH3 is 3. The number of amides is 2. The second kappa shape index (κ2) is 13.3. The zero-order valence-electron chi connectivity index (χ0n) is 21.1. The minimum atomic E-state index is -0.847. The van der Waals surface area contributed by atoms with Gasteiger partial charge in [0, 0.05) is 23.7 Å². The van der Waals surface area contributed by atoms with Crippen LogP contribution in [0.3, 0.4) is 0 Å². The molecule has 1 fully saturated rings. The highest BCUT2D eigenvalue weighted by molar-refractivity contribution is 6.30. The van der Waals surface area contributed by atoms with Crippen molar-refractivity contribution in [2.75, 3.05) is 48.1 Å². The summed E-state index contributed by atoms with van der Waals surface area (Å²) in [5, 5.41) is 6.44. The second-order valence-electron chi connectivity index (χ2n) is 8.69. The smallest absolute Gasteiger partial charge is 0.252 e. The number of carbonyl (C=O) groups excluding carboxylic acids is 2. The van der Waals surface area contributed by atoms with Gasteiger partial charge in [-0.05, 0) is 62.8 Å². The van der Waals surface area contributed by atoms with Gasteiger partial charge >= 0.3 is 0 Å². The Morgan fingerprint density at radius 2 is 1.67 bits per heavy atom. The van der Waals surface area contributed by atoms with Gasteiger partial charge in [-0.25, -0.2) is 0 Å². The molecule has 2 N–H and O–H groups in total. The summed E-state index contributed by atoms with van der Waals surface area (Å²) in [5.41, 5.74) is 1.17. The fourth-order valence-electron chi connectivity index (χ4n) is 3.94. The number of nitrogens with zero attached hydrogens (tertiary/aromatic N) is 1. The van der Waals surface area contributed by atoms with Crippen LogP contribution in [0.2, 0.25) is 5.02 Å². The number of nitrogens with one attached hydrogen (secondary N) is 2. The molecule has 0 spiro atoms. The molecular formula is C26H34ClN3O6. The van der Waals surface area contributed by atoms with Gasteiger partial charge in [0.2, 0.25) is 11.7 Å². The number of hydrogen-bond acceptors (Lipinski definition) is 7. The summed E-state index contributed by atoms with van der Waals surface area (Å²) < 4.78 is 22.1. The van der Waals surface area contributed by atoms with E-state index in [1.54, 1.807) is 24.3 Å². The van der Waals surface area contributed by atoms with Crippen LogP contribution in [0.15, 0.2) is 36.4 Å². The average molecular weight is 520 g/mol. The third-order valence-electron chi connectivity index (χ3n) is 6.04. The average Bonchev–Trinajstić information content (AvgIpc) is 2.88. The highest BCUT2D eigenvalue weighted by Crippen LogP contribution is 2.39. The zero-order chi connectivity index (χ0) is 26.1. The summed E-state index contributed by atoms with van der Waals surface area (Å²) in [6.07, 6.45) is 1.73. The van der Waals surface area contributed by atoms with Crippen molar-refractivity contribution in [1.29, 1.82) is 0 Å². The second-order valence-corrected chi connectivity index (χ2v) is 9.13. The number of likely N-dealkylation sites (tertiary alicyclic amines) is 1. The van der Waals surface area contributed by atoms with Gasteiger partial charge in [-0.2, -0.15) is 0 Å². The van der Waals surface area contributed by atoms with Crippen molar-refractivity contribution in [2.45, 2.75) is 31.5 Å². The first-order valence-corrected chi connectivity index (χ1v) is 12.1. The van der Waals surface area contributed by atoms with Crippen LogP contribution in [0.5, 0.6) is 17.2 Å². The topological polar surface area (TPSA) is 98.4 Å². The van der Waals surface area contributed by atoms with Gasteiger partial charge in [0.05, 0.1) is 20.8 Å². The lowest BCUT2D eigenvalue weighted by molar-refractivity contribution is -0.125. The molecule has 1 saturated heterocycles. The molecule has 2 aromatic carbocycles. The van der Waals surface area contributed by atoms with Crippen LogP contribution >= 0.6 is 11.6 Å². The van der Waals surface area contributed by atoms with E-state index in [4.69, 9.17) is 30.5 Å². The molecule has 0 unspecified atom stereocenters. The van der Waals surface area contributed by atoms with Gasteiger partial charge in [0.1, 0.15) is 12.6 Å². The third-order valence-corrected chi connectivity index (χ3v) is 6.29. The number of halogens is 1. The lowest BCUT2D eigenvalue weighted by Crippen LogP contribution is -2.53. The number of benzene rings is 2. The van der Waals surface area contributed by atoms with E-state index >= 15 is 0 Å². The molecule has 0 bridgehead atoms. The van der Waals surface area contributed by atoms with E-state index in [1.807, 2.05) is 12.1 Å².